The molecule has 3 nitrogen and oxygen atoms in total. The molecule has 0 spiro atoms. The van der Waals surface area contributed by atoms with E-state index in [4.69, 9.17) is 5.73 Å². The van der Waals surface area contributed by atoms with Gasteiger partial charge >= 0.3 is 0 Å². The van der Waals surface area contributed by atoms with E-state index in [2.05, 4.69) is 0 Å². The fraction of sp³-hybridized carbons (Fsp3) is 0.500. The summed E-state index contributed by atoms with van der Waals surface area (Å²) in [6, 6.07) is 10.0. The molecule has 1 aromatic rings. The van der Waals surface area contributed by atoms with Crippen molar-refractivity contribution in [1.82, 2.24) is 0 Å². The molecule has 0 aliphatic rings. The first-order valence-electron chi connectivity index (χ1n) is 5.43. The topological polar surface area (TPSA) is 60.2 Å². The Morgan fingerprint density at radius 2 is 1.88 bits per heavy atom. The van der Waals surface area contributed by atoms with Crippen LogP contribution in [0.4, 0.5) is 0 Å². The Bertz CT molecular complexity index is 400. The van der Waals surface area contributed by atoms with Crippen molar-refractivity contribution in [2.75, 3.05) is 18.6 Å². The zero-order valence-electron chi connectivity index (χ0n) is 9.59. The number of sulfone groups is 1. The first-order chi connectivity index (χ1) is 7.51. The predicted molar refractivity (Wildman–Crippen MR) is 67.0 cm³/mol. The van der Waals surface area contributed by atoms with Gasteiger partial charge in [-0.05, 0) is 30.9 Å². The molecule has 0 aliphatic heterocycles. The molecule has 0 heterocycles. The van der Waals surface area contributed by atoms with Crippen molar-refractivity contribution in [1.29, 1.82) is 0 Å². The summed E-state index contributed by atoms with van der Waals surface area (Å²) in [5, 5.41) is 0. The zero-order valence-corrected chi connectivity index (χ0v) is 10.4. The van der Waals surface area contributed by atoms with E-state index in [0.717, 1.165) is 6.42 Å². The van der Waals surface area contributed by atoms with E-state index in [1.165, 1.54) is 11.8 Å². The maximum atomic E-state index is 11.1. The Morgan fingerprint density at radius 3 is 2.38 bits per heavy atom. The second-order valence-corrected chi connectivity index (χ2v) is 6.47. The molecule has 0 bridgehead atoms. The summed E-state index contributed by atoms with van der Waals surface area (Å²) in [5.74, 6) is 0.471. The molecule has 0 aliphatic carbocycles. The lowest BCUT2D eigenvalue weighted by molar-refractivity contribution is 0.512. The number of rotatable bonds is 6. The fourth-order valence-corrected chi connectivity index (χ4v) is 2.39. The van der Waals surface area contributed by atoms with Crippen molar-refractivity contribution in [3.8, 4) is 0 Å². The molecule has 1 aromatic carbocycles. The highest BCUT2D eigenvalue weighted by Gasteiger charge is 2.11. The number of nitrogens with two attached hydrogens (primary N) is 1. The Labute approximate surface area is 97.6 Å². The third kappa shape index (κ3) is 5.28. The highest BCUT2D eigenvalue weighted by atomic mass is 32.2. The minimum absolute atomic E-state index is 0.224. The predicted octanol–water partition coefficient (Wildman–Crippen LogP) is 1.24. The minimum atomic E-state index is -2.88. The third-order valence-electron chi connectivity index (χ3n) is 2.60. The largest absolute Gasteiger partial charge is 0.330 e. The molecular weight excluding hydrogens is 222 g/mol. The van der Waals surface area contributed by atoms with E-state index in [0.29, 0.717) is 13.0 Å². The molecule has 0 saturated heterocycles. The second kappa shape index (κ2) is 6.01. The zero-order chi connectivity index (χ0) is 12.0. The van der Waals surface area contributed by atoms with Crippen LogP contribution in [0.1, 0.15) is 12.0 Å². The smallest absolute Gasteiger partial charge is 0.147 e. The van der Waals surface area contributed by atoms with E-state index in [1.807, 2.05) is 30.3 Å². The summed E-state index contributed by atoms with van der Waals surface area (Å²) in [7, 11) is -2.88. The molecule has 1 unspecified atom stereocenters. The fourth-order valence-electron chi connectivity index (χ4n) is 1.63. The first-order valence-corrected chi connectivity index (χ1v) is 7.49. The van der Waals surface area contributed by atoms with Gasteiger partial charge in [-0.15, -0.1) is 0 Å². The lowest BCUT2D eigenvalue weighted by Crippen LogP contribution is -2.20. The summed E-state index contributed by atoms with van der Waals surface area (Å²) in [4.78, 5) is 0. The van der Waals surface area contributed by atoms with Gasteiger partial charge in [0.25, 0.3) is 0 Å². The molecule has 16 heavy (non-hydrogen) atoms. The van der Waals surface area contributed by atoms with Gasteiger partial charge in [0.1, 0.15) is 9.84 Å². The van der Waals surface area contributed by atoms with Gasteiger partial charge in [0.05, 0.1) is 5.75 Å². The van der Waals surface area contributed by atoms with Crippen LogP contribution in [0.15, 0.2) is 30.3 Å². The lowest BCUT2D eigenvalue weighted by atomic mass is 9.97. The summed E-state index contributed by atoms with van der Waals surface area (Å²) >= 11 is 0. The van der Waals surface area contributed by atoms with E-state index < -0.39 is 9.84 Å². The van der Waals surface area contributed by atoms with Crippen molar-refractivity contribution in [2.45, 2.75) is 12.8 Å². The van der Waals surface area contributed by atoms with Crippen molar-refractivity contribution in [2.24, 2.45) is 11.7 Å². The van der Waals surface area contributed by atoms with E-state index >= 15 is 0 Å². The van der Waals surface area contributed by atoms with Gasteiger partial charge in [0, 0.05) is 6.26 Å². The first kappa shape index (κ1) is 13.2. The van der Waals surface area contributed by atoms with Crippen LogP contribution in [-0.2, 0) is 16.3 Å². The van der Waals surface area contributed by atoms with Crippen molar-refractivity contribution in [3.05, 3.63) is 35.9 Å². The third-order valence-corrected chi connectivity index (χ3v) is 3.57. The van der Waals surface area contributed by atoms with Crippen molar-refractivity contribution >= 4 is 9.84 Å². The number of benzene rings is 1. The van der Waals surface area contributed by atoms with E-state index in [1.54, 1.807) is 0 Å². The standard InChI is InChI=1S/C12H19NO2S/c1-16(14,15)8-7-12(10-13)9-11-5-3-2-4-6-11/h2-6,12H,7-10,13H2,1H3. The Kier molecular flexibility index (Phi) is 4.96. The lowest BCUT2D eigenvalue weighted by Gasteiger charge is -2.13. The van der Waals surface area contributed by atoms with Gasteiger partial charge in [-0.3, -0.25) is 0 Å². The highest BCUT2D eigenvalue weighted by Crippen LogP contribution is 2.12. The van der Waals surface area contributed by atoms with Crippen LogP contribution in [0.2, 0.25) is 0 Å². The Hall–Kier alpha value is -0.870. The van der Waals surface area contributed by atoms with Crippen LogP contribution in [-0.4, -0.2) is 27.0 Å². The van der Waals surface area contributed by atoms with E-state index in [-0.39, 0.29) is 11.7 Å². The second-order valence-electron chi connectivity index (χ2n) is 4.21. The quantitative estimate of drug-likeness (QED) is 0.815. The summed E-state index contributed by atoms with van der Waals surface area (Å²) in [5.41, 5.74) is 6.87. The average molecular weight is 241 g/mol. The van der Waals surface area contributed by atoms with Crippen LogP contribution >= 0.6 is 0 Å². The van der Waals surface area contributed by atoms with Gasteiger partial charge < -0.3 is 5.73 Å². The van der Waals surface area contributed by atoms with Crippen molar-refractivity contribution < 1.29 is 8.42 Å². The number of hydrogen-bond donors (Lipinski definition) is 1. The van der Waals surface area contributed by atoms with Gasteiger partial charge in [-0.25, -0.2) is 8.42 Å². The summed E-state index contributed by atoms with van der Waals surface area (Å²) in [6.07, 6.45) is 2.76. The van der Waals surface area contributed by atoms with Crippen molar-refractivity contribution in [3.63, 3.8) is 0 Å². The molecule has 0 saturated carbocycles. The Morgan fingerprint density at radius 1 is 1.25 bits per heavy atom. The molecular formula is C12H19NO2S. The molecule has 1 atom stereocenters. The average Bonchev–Trinajstić information content (AvgIpc) is 2.24. The van der Waals surface area contributed by atoms with E-state index in [9.17, 15) is 8.42 Å². The van der Waals surface area contributed by atoms with Gasteiger partial charge in [-0.1, -0.05) is 30.3 Å². The maximum Gasteiger partial charge on any atom is 0.147 e. The SMILES string of the molecule is CS(=O)(=O)CCC(CN)Cc1ccccc1. The molecule has 4 heteroatoms. The monoisotopic (exact) mass is 241 g/mol. The summed E-state index contributed by atoms with van der Waals surface area (Å²) < 4.78 is 22.1. The Balaban J connectivity index is 2.50. The molecule has 0 fully saturated rings. The highest BCUT2D eigenvalue weighted by molar-refractivity contribution is 7.90. The normalized spacial score (nSPS) is 13.6. The molecule has 1 rings (SSSR count). The van der Waals surface area contributed by atoms with Crippen LogP contribution in [0.5, 0.6) is 0 Å². The van der Waals surface area contributed by atoms with Crippen LogP contribution in [0, 0.1) is 5.92 Å². The van der Waals surface area contributed by atoms with Gasteiger partial charge in [0.15, 0.2) is 0 Å². The van der Waals surface area contributed by atoms with Crippen LogP contribution in [0.25, 0.3) is 0 Å². The maximum absolute atomic E-state index is 11.1. The molecule has 2 N–H and O–H groups in total. The molecule has 0 radical (unpaired) electrons. The van der Waals surface area contributed by atoms with Gasteiger partial charge in [0.2, 0.25) is 0 Å². The molecule has 0 amide bonds. The summed E-state index contributed by atoms with van der Waals surface area (Å²) in [6.45, 7) is 0.532. The molecule has 0 aromatic heterocycles. The van der Waals surface area contributed by atoms with Gasteiger partial charge in [-0.2, -0.15) is 0 Å². The molecule has 90 valence electrons. The van der Waals surface area contributed by atoms with Crippen LogP contribution in [0.3, 0.4) is 0 Å². The van der Waals surface area contributed by atoms with Crippen LogP contribution < -0.4 is 5.73 Å². The minimum Gasteiger partial charge on any atom is -0.330 e. The number of hydrogen-bond acceptors (Lipinski definition) is 3.